The molecule has 0 aromatic rings. The molecule has 312 valence electrons. The van der Waals surface area contributed by atoms with Gasteiger partial charge in [0.2, 0.25) is 0 Å². The van der Waals surface area contributed by atoms with Crippen LogP contribution in [0.5, 0.6) is 0 Å². The van der Waals surface area contributed by atoms with Gasteiger partial charge >= 0.3 is 11.9 Å². The van der Waals surface area contributed by atoms with Gasteiger partial charge in [0.25, 0.3) is 0 Å². The van der Waals surface area contributed by atoms with Crippen molar-refractivity contribution in [3.8, 4) is 0 Å². The molecule has 0 bridgehead atoms. The summed E-state index contributed by atoms with van der Waals surface area (Å²) in [6.07, 6.45) is 52.6. The van der Waals surface area contributed by atoms with Crippen LogP contribution in [0, 0.1) is 0 Å². The standard InChI is InChI=1S/C24H50N2O2.C22H44O2/c25-22-23(26)20-18-16-14-12-10-8-6-4-2-1-3-5-7-9-11-13-15-17-19-21-24(27)28;1-2-3-4-5-6-7-8-9-10-11-12-13-14-15-16-17-18-19-20-21-22(23)24/h23H,1-22,25-26H2,(H,27,28);2-21H2,1H3,(H,23,24). The van der Waals surface area contributed by atoms with Gasteiger partial charge in [-0.05, 0) is 19.3 Å². The van der Waals surface area contributed by atoms with Gasteiger partial charge in [-0.1, -0.05) is 238 Å². The van der Waals surface area contributed by atoms with E-state index >= 15 is 0 Å². The zero-order chi connectivity index (χ0) is 38.4. The lowest BCUT2D eigenvalue weighted by Crippen LogP contribution is -2.29. The van der Waals surface area contributed by atoms with Crippen LogP contribution in [-0.4, -0.2) is 34.7 Å². The van der Waals surface area contributed by atoms with Crippen LogP contribution < -0.4 is 11.5 Å². The second-order valence-electron chi connectivity index (χ2n) is 16.2. The first-order valence-electron chi connectivity index (χ1n) is 23.3. The molecule has 1 unspecified atom stereocenters. The van der Waals surface area contributed by atoms with Gasteiger partial charge in [-0.3, -0.25) is 9.59 Å². The van der Waals surface area contributed by atoms with Crippen LogP contribution in [-0.2, 0) is 9.59 Å². The van der Waals surface area contributed by atoms with E-state index in [1.807, 2.05) is 0 Å². The summed E-state index contributed by atoms with van der Waals surface area (Å²) in [5.74, 6) is -1.31. The molecule has 0 saturated heterocycles. The van der Waals surface area contributed by atoms with Crippen molar-refractivity contribution in [3.05, 3.63) is 0 Å². The first-order valence-corrected chi connectivity index (χ1v) is 23.3. The molecular weight excluding hydrogens is 645 g/mol. The Balaban J connectivity index is 0. The van der Waals surface area contributed by atoms with Gasteiger partial charge in [0.15, 0.2) is 0 Å². The third-order valence-electron chi connectivity index (χ3n) is 10.8. The van der Waals surface area contributed by atoms with Gasteiger partial charge in [-0.25, -0.2) is 0 Å². The lowest BCUT2D eigenvalue weighted by Gasteiger charge is -2.07. The first kappa shape index (κ1) is 53.0. The highest BCUT2D eigenvalue weighted by Crippen LogP contribution is 2.17. The van der Waals surface area contributed by atoms with E-state index in [0.717, 1.165) is 32.1 Å². The average molecular weight is 739 g/mol. The highest BCUT2D eigenvalue weighted by molar-refractivity contribution is 5.66. The minimum Gasteiger partial charge on any atom is -0.481 e. The second-order valence-corrected chi connectivity index (χ2v) is 16.2. The number of unbranched alkanes of at least 4 members (excludes halogenated alkanes) is 36. The number of carboxylic acids is 2. The second kappa shape index (κ2) is 47.9. The molecule has 0 aliphatic carbocycles. The highest BCUT2D eigenvalue weighted by Gasteiger charge is 2.00. The zero-order valence-electron chi connectivity index (χ0n) is 35.1. The van der Waals surface area contributed by atoms with E-state index in [1.54, 1.807) is 0 Å². The number of carboxylic acid groups (broad SMARTS) is 2. The van der Waals surface area contributed by atoms with E-state index in [1.165, 1.54) is 218 Å². The molecule has 0 aromatic heterocycles. The number of carbonyl (C=O) groups is 2. The van der Waals surface area contributed by atoms with Crippen LogP contribution in [0.1, 0.15) is 270 Å². The van der Waals surface area contributed by atoms with Crippen LogP contribution in [0.25, 0.3) is 0 Å². The monoisotopic (exact) mass is 739 g/mol. The zero-order valence-corrected chi connectivity index (χ0v) is 35.1. The van der Waals surface area contributed by atoms with Gasteiger partial charge < -0.3 is 21.7 Å². The van der Waals surface area contributed by atoms with E-state index in [-0.39, 0.29) is 6.04 Å². The van der Waals surface area contributed by atoms with Crippen LogP contribution in [0.15, 0.2) is 0 Å². The Bertz CT molecular complexity index is 689. The Morgan fingerprint density at radius 3 is 0.750 bits per heavy atom. The minimum absolute atomic E-state index is 0.210. The Hall–Kier alpha value is -1.14. The summed E-state index contributed by atoms with van der Waals surface area (Å²) < 4.78 is 0. The van der Waals surface area contributed by atoms with Crippen LogP contribution in [0.3, 0.4) is 0 Å². The molecule has 0 rings (SSSR count). The fraction of sp³-hybridized carbons (Fsp3) is 0.957. The van der Waals surface area contributed by atoms with Crippen LogP contribution in [0.2, 0.25) is 0 Å². The Morgan fingerprint density at radius 1 is 0.365 bits per heavy atom. The maximum absolute atomic E-state index is 10.4. The molecule has 1 atom stereocenters. The van der Waals surface area contributed by atoms with E-state index in [4.69, 9.17) is 21.7 Å². The van der Waals surface area contributed by atoms with E-state index < -0.39 is 11.9 Å². The smallest absolute Gasteiger partial charge is 0.303 e. The summed E-state index contributed by atoms with van der Waals surface area (Å²) in [5.41, 5.74) is 11.3. The van der Waals surface area contributed by atoms with Gasteiger partial charge in [0.05, 0.1) is 0 Å². The fourth-order valence-corrected chi connectivity index (χ4v) is 7.16. The largest absolute Gasteiger partial charge is 0.481 e. The van der Waals surface area contributed by atoms with E-state index in [2.05, 4.69) is 6.92 Å². The molecule has 0 radical (unpaired) electrons. The molecule has 0 saturated carbocycles. The first-order chi connectivity index (χ1) is 25.4. The SMILES string of the molecule is CCCCCCCCCCCCCCCCCCCCCC(=O)O.NCC(N)CCCCCCCCCCCCCCCCCCCCCC(=O)O. The molecule has 52 heavy (non-hydrogen) atoms. The molecular formula is C46H94N2O4. The van der Waals surface area contributed by atoms with Gasteiger partial charge in [0.1, 0.15) is 0 Å². The van der Waals surface area contributed by atoms with Crippen molar-refractivity contribution in [2.24, 2.45) is 11.5 Å². The predicted octanol–water partition coefficient (Wildman–Crippen LogP) is 14.4. The third-order valence-corrected chi connectivity index (χ3v) is 10.8. The summed E-state index contributed by atoms with van der Waals surface area (Å²) in [5, 5.41) is 17.1. The number of hydrogen-bond donors (Lipinski definition) is 4. The summed E-state index contributed by atoms with van der Waals surface area (Å²) in [6, 6.07) is 0.210. The molecule has 0 aliphatic heterocycles. The van der Waals surface area contributed by atoms with Gasteiger partial charge in [-0.15, -0.1) is 0 Å². The molecule has 0 spiro atoms. The summed E-state index contributed by atoms with van der Waals surface area (Å²) in [7, 11) is 0. The Kier molecular flexibility index (Phi) is 48.8. The molecule has 6 N–H and O–H groups in total. The predicted molar refractivity (Wildman–Crippen MR) is 227 cm³/mol. The fourth-order valence-electron chi connectivity index (χ4n) is 7.16. The molecule has 6 nitrogen and oxygen atoms in total. The summed E-state index contributed by atoms with van der Waals surface area (Å²) in [6.45, 7) is 2.91. The highest BCUT2D eigenvalue weighted by atomic mass is 16.4. The molecule has 0 aliphatic rings. The number of nitrogens with two attached hydrogens (primary N) is 2. The molecule has 0 heterocycles. The van der Waals surface area contributed by atoms with Crippen LogP contribution in [0.4, 0.5) is 0 Å². The van der Waals surface area contributed by atoms with Crippen molar-refractivity contribution in [3.63, 3.8) is 0 Å². The van der Waals surface area contributed by atoms with Crippen molar-refractivity contribution < 1.29 is 19.8 Å². The topological polar surface area (TPSA) is 127 Å². The van der Waals surface area contributed by atoms with Crippen molar-refractivity contribution in [1.82, 2.24) is 0 Å². The normalized spacial score (nSPS) is 11.8. The van der Waals surface area contributed by atoms with Gasteiger partial charge in [0, 0.05) is 25.4 Å². The number of rotatable bonds is 43. The number of hydrogen-bond acceptors (Lipinski definition) is 4. The molecule has 0 fully saturated rings. The maximum atomic E-state index is 10.4. The summed E-state index contributed by atoms with van der Waals surface area (Å²) in [4.78, 5) is 20.8. The quantitative estimate of drug-likeness (QED) is 0.0461. The Labute approximate surface area is 325 Å². The summed E-state index contributed by atoms with van der Waals surface area (Å²) >= 11 is 0. The lowest BCUT2D eigenvalue weighted by atomic mass is 10.0. The van der Waals surface area contributed by atoms with Crippen molar-refractivity contribution >= 4 is 11.9 Å². The average Bonchev–Trinajstić information content (AvgIpc) is 3.13. The maximum Gasteiger partial charge on any atom is 0.303 e. The minimum atomic E-state index is -0.657. The van der Waals surface area contributed by atoms with Crippen molar-refractivity contribution in [2.45, 2.75) is 276 Å². The Morgan fingerprint density at radius 2 is 0.558 bits per heavy atom. The molecule has 0 amide bonds. The van der Waals surface area contributed by atoms with E-state index in [9.17, 15) is 9.59 Å². The lowest BCUT2D eigenvalue weighted by molar-refractivity contribution is -0.138. The molecule has 6 heteroatoms. The van der Waals surface area contributed by atoms with Crippen molar-refractivity contribution in [1.29, 1.82) is 0 Å². The van der Waals surface area contributed by atoms with Crippen molar-refractivity contribution in [2.75, 3.05) is 6.54 Å². The molecule has 0 aromatic carbocycles. The van der Waals surface area contributed by atoms with Gasteiger partial charge in [-0.2, -0.15) is 0 Å². The third kappa shape index (κ3) is 53.2. The van der Waals surface area contributed by atoms with Crippen LogP contribution >= 0.6 is 0 Å². The van der Waals surface area contributed by atoms with E-state index in [0.29, 0.717) is 19.4 Å². The number of aliphatic carboxylic acids is 2.